The highest BCUT2D eigenvalue weighted by atomic mass is 16.5. The first-order chi connectivity index (χ1) is 13.5. The molecule has 5 atom stereocenters. The van der Waals surface area contributed by atoms with Gasteiger partial charge in [0.1, 0.15) is 5.76 Å². The average molecular weight is 375 g/mol. The maximum atomic E-state index is 13.6. The minimum Gasteiger partial charge on any atom is -0.493 e. The van der Waals surface area contributed by atoms with E-state index in [4.69, 9.17) is 4.74 Å². The highest BCUT2D eigenvalue weighted by molar-refractivity contribution is 6.10. The van der Waals surface area contributed by atoms with Gasteiger partial charge in [0.25, 0.3) is 0 Å². The Morgan fingerprint density at radius 2 is 1.86 bits per heavy atom. The van der Waals surface area contributed by atoms with Crippen LogP contribution in [0.1, 0.15) is 42.1 Å². The molecule has 0 spiro atoms. The number of ether oxygens (including phenoxy) is 1. The van der Waals surface area contributed by atoms with E-state index < -0.39 is 5.41 Å². The molecule has 0 unspecified atom stereocenters. The number of allylic oxidation sites excluding steroid dienone is 3. The van der Waals surface area contributed by atoms with Gasteiger partial charge in [0.05, 0.1) is 23.9 Å². The van der Waals surface area contributed by atoms with E-state index in [0.29, 0.717) is 25.0 Å². The van der Waals surface area contributed by atoms with Gasteiger partial charge in [-0.25, -0.2) is 0 Å². The molecule has 1 saturated carbocycles. The maximum absolute atomic E-state index is 13.6. The Balaban J connectivity index is 1.58. The quantitative estimate of drug-likeness (QED) is 0.559. The second kappa shape index (κ2) is 5.22. The van der Waals surface area contributed by atoms with Crippen molar-refractivity contribution in [1.82, 2.24) is 5.32 Å². The van der Waals surface area contributed by atoms with Gasteiger partial charge in [-0.15, -0.1) is 0 Å². The maximum Gasteiger partial charge on any atom is 0.231 e. The summed E-state index contributed by atoms with van der Waals surface area (Å²) in [5.74, 6) is 0.0718. The summed E-state index contributed by atoms with van der Waals surface area (Å²) in [6, 6.07) is 7.68. The normalized spacial score (nSPS) is 37.9. The monoisotopic (exact) mass is 375 g/mol. The van der Waals surface area contributed by atoms with E-state index in [-0.39, 0.29) is 41.3 Å². The van der Waals surface area contributed by atoms with Crippen molar-refractivity contribution in [3.05, 3.63) is 52.6 Å². The molecule has 5 aliphatic rings. The Morgan fingerprint density at radius 1 is 1.07 bits per heavy atom. The zero-order chi connectivity index (χ0) is 19.2. The SMILES string of the molecule is C[C@]12C[C@H]3C(=CC[C@H]4C(=O)NC(=O)[C@H]43)[C@H]3CCOC(=C31)c1ccccc1C2=O. The minimum atomic E-state index is -0.690. The van der Waals surface area contributed by atoms with Crippen LogP contribution in [0.25, 0.3) is 5.76 Å². The first-order valence-corrected chi connectivity index (χ1v) is 10.1. The third-order valence-electron chi connectivity index (χ3n) is 7.58. The lowest BCUT2D eigenvalue weighted by Crippen LogP contribution is -2.49. The summed E-state index contributed by atoms with van der Waals surface area (Å²) < 4.78 is 6.13. The molecule has 1 saturated heterocycles. The number of carbonyl (C=O) groups is 3. The number of amides is 2. The van der Waals surface area contributed by atoms with Crippen molar-refractivity contribution in [3.8, 4) is 0 Å². The number of nitrogens with one attached hydrogen (secondary N) is 1. The number of imide groups is 1. The molecule has 0 bridgehead atoms. The van der Waals surface area contributed by atoms with E-state index in [9.17, 15) is 14.4 Å². The molecule has 1 aromatic carbocycles. The molecule has 0 aromatic heterocycles. The molecular formula is C23H21NO4. The van der Waals surface area contributed by atoms with Crippen molar-refractivity contribution in [2.24, 2.45) is 29.1 Å². The molecule has 3 aliphatic carbocycles. The van der Waals surface area contributed by atoms with Crippen LogP contribution >= 0.6 is 0 Å². The van der Waals surface area contributed by atoms with Crippen LogP contribution in [-0.4, -0.2) is 24.2 Å². The van der Waals surface area contributed by atoms with E-state index in [1.807, 2.05) is 31.2 Å². The number of fused-ring (bicyclic) bond motifs is 6. The summed E-state index contributed by atoms with van der Waals surface area (Å²) in [6.45, 7) is 2.61. The van der Waals surface area contributed by atoms with Crippen LogP contribution in [0.15, 0.2) is 41.5 Å². The van der Waals surface area contributed by atoms with Crippen LogP contribution in [-0.2, 0) is 14.3 Å². The number of carbonyl (C=O) groups excluding carboxylic acids is 3. The summed E-state index contributed by atoms with van der Waals surface area (Å²) in [5.41, 5.74) is 3.24. The summed E-state index contributed by atoms with van der Waals surface area (Å²) in [6.07, 6.45) is 4.16. The van der Waals surface area contributed by atoms with Gasteiger partial charge in [-0.2, -0.15) is 0 Å². The van der Waals surface area contributed by atoms with Gasteiger partial charge in [0.2, 0.25) is 11.8 Å². The number of rotatable bonds is 0. The van der Waals surface area contributed by atoms with Crippen LogP contribution in [0.3, 0.4) is 0 Å². The zero-order valence-electron chi connectivity index (χ0n) is 15.7. The second-order valence-electron chi connectivity index (χ2n) is 8.88. The van der Waals surface area contributed by atoms with Gasteiger partial charge in [0, 0.05) is 17.0 Å². The summed E-state index contributed by atoms with van der Waals surface area (Å²) in [7, 11) is 0. The molecule has 2 fully saturated rings. The highest BCUT2D eigenvalue weighted by Gasteiger charge is 2.59. The van der Waals surface area contributed by atoms with Crippen LogP contribution in [0, 0.1) is 29.1 Å². The summed E-state index contributed by atoms with van der Waals surface area (Å²) in [5, 5.41) is 2.53. The Bertz CT molecular complexity index is 1030. The topological polar surface area (TPSA) is 72.5 Å². The largest absolute Gasteiger partial charge is 0.493 e. The van der Waals surface area contributed by atoms with Crippen LogP contribution < -0.4 is 5.32 Å². The van der Waals surface area contributed by atoms with Gasteiger partial charge in [-0.05, 0) is 37.7 Å². The van der Waals surface area contributed by atoms with Gasteiger partial charge >= 0.3 is 0 Å². The summed E-state index contributed by atoms with van der Waals surface area (Å²) >= 11 is 0. The van der Waals surface area contributed by atoms with E-state index in [1.165, 1.54) is 5.57 Å². The second-order valence-corrected chi connectivity index (χ2v) is 8.88. The Hall–Kier alpha value is -2.69. The lowest BCUT2D eigenvalue weighted by molar-refractivity contribution is -0.126. The molecule has 5 heteroatoms. The molecule has 5 nitrogen and oxygen atoms in total. The highest BCUT2D eigenvalue weighted by Crippen LogP contribution is 2.61. The average Bonchev–Trinajstić information content (AvgIpc) is 3.00. The fourth-order valence-corrected chi connectivity index (χ4v) is 6.42. The standard InChI is InChI=1S/C23H21NO4/c1-23-10-16-11(6-7-15-17(16)22(27)24-21(15)26)12-8-9-28-19(18(12)23)13-4-2-3-5-14(13)20(23)25/h2-6,12,15-17H,7-10H2,1H3,(H,24,26,27)/t12-,15-,16+,17-,23+/m1/s1. The lowest BCUT2D eigenvalue weighted by Gasteiger charge is -2.52. The molecule has 1 N–H and O–H groups in total. The van der Waals surface area contributed by atoms with Crippen LogP contribution in [0.2, 0.25) is 0 Å². The Morgan fingerprint density at radius 3 is 2.68 bits per heavy atom. The van der Waals surface area contributed by atoms with E-state index in [2.05, 4.69) is 11.4 Å². The summed E-state index contributed by atoms with van der Waals surface area (Å²) in [4.78, 5) is 38.5. The molecule has 2 aliphatic heterocycles. The van der Waals surface area contributed by atoms with Crippen molar-refractivity contribution in [2.75, 3.05) is 6.61 Å². The molecule has 2 amide bonds. The minimum absolute atomic E-state index is 0.0579. The molecule has 2 heterocycles. The van der Waals surface area contributed by atoms with Crippen molar-refractivity contribution < 1.29 is 19.1 Å². The molecule has 1 aromatic rings. The first-order valence-electron chi connectivity index (χ1n) is 10.1. The van der Waals surface area contributed by atoms with E-state index in [0.717, 1.165) is 23.3 Å². The van der Waals surface area contributed by atoms with E-state index >= 15 is 0 Å². The van der Waals surface area contributed by atoms with E-state index in [1.54, 1.807) is 0 Å². The van der Waals surface area contributed by atoms with Gasteiger partial charge in [0.15, 0.2) is 5.78 Å². The Kier molecular flexibility index (Phi) is 3.03. The number of hydrogen-bond acceptors (Lipinski definition) is 4. The number of benzene rings is 1. The third-order valence-corrected chi connectivity index (χ3v) is 7.58. The van der Waals surface area contributed by atoms with Crippen LogP contribution in [0.5, 0.6) is 0 Å². The fourth-order valence-electron chi connectivity index (χ4n) is 6.42. The number of Topliss-reactive ketones (excluding diaryl/α,β-unsaturated/α-hetero) is 1. The lowest BCUT2D eigenvalue weighted by atomic mass is 9.51. The smallest absolute Gasteiger partial charge is 0.231 e. The van der Waals surface area contributed by atoms with Crippen molar-refractivity contribution in [2.45, 2.75) is 26.2 Å². The van der Waals surface area contributed by atoms with Crippen molar-refractivity contribution in [3.63, 3.8) is 0 Å². The van der Waals surface area contributed by atoms with Crippen molar-refractivity contribution >= 4 is 23.4 Å². The molecule has 28 heavy (non-hydrogen) atoms. The van der Waals surface area contributed by atoms with Crippen LogP contribution in [0.4, 0.5) is 0 Å². The van der Waals surface area contributed by atoms with Gasteiger partial charge in [-0.3, -0.25) is 19.7 Å². The Labute approximate surface area is 162 Å². The zero-order valence-corrected chi connectivity index (χ0v) is 15.7. The molecular weight excluding hydrogens is 354 g/mol. The van der Waals surface area contributed by atoms with Crippen molar-refractivity contribution in [1.29, 1.82) is 0 Å². The first kappa shape index (κ1) is 16.3. The van der Waals surface area contributed by atoms with Gasteiger partial charge < -0.3 is 4.74 Å². The predicted molar refractivity (Wildman–Crippen MR) is 101 cm³/mol. The number of ketones is 1. The molecule has 6 rings (SSSR count). The molecule has 142 valence electrons. The van der Waals surface area contributed by atoms with Gasteiger partial charge in [-0.1, -0.05) is 35.9 Å². The third kappa shape index (κ3) is 1.80. The molecule has 0 radical (unpaired) electrons. The fraction of sp³-hybridized carbons (Fsp3) is 0.435. The predicted octanol–water partition coefficient (Wildman–Crippen LogP) is 2.88. The number of hydrogen-bond donors (Lipinski definition) is 1.